The Balaban J connectivity index is 1.85. The third-order valence-corrected chi connectivity index (χ3v) is 5.07. The second-order valence-electron chi connectivity index (χ2n) is 7.30. The van der Waals surface area contributed by atoms with Gasteiger partial charge in [-0.05, 0) is 0 Å². The van der Waals surface area contributed by atoms with Gasteiger partial charge in [0.15, 0.2) is 18.7 Å². The monoisotopic (exact) mass is 523 g/mol. The lowest BCUT2D eigenvalue weighted by Crippen LogP contribution is -2.67. The van der Waals surface area contributed by atoms with Crippen LogP contribution < -0.4 is 5.32 Å². The van der Waals surface area contributed by atoms with Crippen LogP contribution >= 0.6 is 34.8 Å². The number of hydrogen-bond acceptors (Lipinski definition) is 8. The summed E-state index contributed by atoms with van der Waals surface area (Å²) < 4.78 is 32.2. The summed E-state index contributed by atoms with van der Waals surface area (Å²) in [6.07, 6.45) is -3.90. The van der Waals surface area contributed by atoms with Gasteiger partial charge in [-0.3, -0.25) is 4.79 Å². The van der Waals surface area contributed by atoms with Gasteiger partial charge in [0.05, 0.1) is 13.2 Å². The SMILES string of the molecule is C=CCO[C@@H]1O[C@@H]2CO[C@@H](c3ccccc3)O[C@H]2[C@H](OC(=O)OCC(Cl)(Cl)Cl)[C@H]1NC(C)=O. The Hall–Kier alpha value is -1.59. The second-order valence-corrected chi connectivity index (χ2v) is 9.82. The molecule has 1 aromatic rings. The number of nitrogens with one attached hydrogen (secondary N) is 1. The zero-order valence-electron chi connectivity index (χ0n) is 17.7. The largest absolute Gasteiger partial charge is 0.508 e. The summed E-state index contributed by atoms with van der Waals surface area (Å²) in [5, 5.41) is 2.70. The molecule has 2 aliphatic heterocycles. The molecular weight excluding hydrogens is 501 g/mol. The Morgan fingerprint density at radius 1 is 1.24 bits per heavy atom. The topological polar surface area (TPSA) is 102 Å². The Kier molecular flexibility index (Phi) is 9.23. The van der Waals surface area contributed by atoms with E-state index in [1.165, 1.54) is 13.0 Å². The number of alkyl halides is 3. The fourth-order valence-electron chi connectivity index (χ4n) is 3.47. The summed E-state index contributed by atoms with van der Waals surface area (Å²) in [6.45, 7) is 4.63. The van der Waals surface area contributed by atoms with E-state index in [9.17, 15) is 9.59 Å². The minimum Gasteiger partial charge on any atom is -0.430 e. The Morgan fingerprint density at radius 3 is 2.61 bits per heavy atom. The van der Waals surface area contributed by atoms with Crippen LogP contribution in [0.3, 0.4) is 0 Å². The normalized spacial score (nSPS) is 29.5. The van der Waals surface area contributed by atoms with E-state index in [1.54, 1.807) is 0 Å². The van der Waals surface area contributed by atoms with Crippen LogP contribution in [0.25, 0.3) is 0 Å². The van der Waals surface area contributed by atoms with Gasteiger partial charge in [-0.1, -0.05) is 71.2 Å². The van der Waals surface area contributed by atoms with E-state index in [1.807, 2.05) is 30.3 Å². The quantitative estimate of drug-likeness (QED) is 0.329. The predicted molar refractivity (Wildman–Crippen MR) is 119 cm³/mol. The molecule has 0 unspecified atom stereocenters. The van der Waals surface area contributed by atoms with E-state index in [0.29, 0.717) is 0 Å². The summed E-state index contributed by atoms with van der Waals surface area (Å²) in [5.41, 5.74) is 0.759. The first-order valence-electron chi connectivity index (χ1n) is 10.0. The minimum absolute atomic E-state index is 0.119. The lowest BCUT2D eigenvalue weighted by molar-refractivity contribution is -0.343. The molecule has 33 heavy (non-hydrogen) atoms. The molecule has 0 bridgehead atoms. The van der Waals surface area contributed by atoms with Crippen LogP contribution in [-0.2, 0) is 33.2 Å². The standard InChI is InChI=1S/C21H24Cl3NO8/c1-3-9-28-19-15(25-12(2)26)17(33-20(27)30-11-21(22,23)24)16-14(31-19)10-29-18(32-16)13-7-5-4-6-8-13/h3-8,14-19H,1,9-11H2,2H3,(H,25,26)/t14-,15-,16-,17-,18-,19-/m1/s1. The molecule has 2 heterocycles. The first-order valence-corrected chi connectivity index (χ1v) is 11.2. The molecule has 0 aromatic heterocycles. The number of halogens is 3. The molecule has 0 saturated carbocycles. The highest BCUT2D eigenvalue weighted by molar-refractivity contribution is 6.67. The Morgan fingerprint density at radius 2 is 1.97 bits per heavy atom. The molecule has 9 nitrogen and oxygen atoms in total. The van der Waals surface area contributed by atoms with Gasteiger partial charge in [-0.2, -0.15) is 0 Å². The van der Waals surface area contributed by atoms with E-state index in [-0.39, 0.29) is 13.2 Å². The van der Waals surface area contributed by atoms with Crippen molar-refractivity contribution in [2.24, 2.45) is 0 Å². The van der Waals surface area contributed by atoms with E-state index in [0.717, 1.165) is 5.56 Å². The summed E-state index contributed by atoms with van der Waals surface area (Å²) in [7, 11) is 0. The molecule has 182 valence electrons. The van der Waals surface area contributed by atoms with Crippen LogP contribution in [0.1, 0.15) is 18.8 Å². The summed E-state index contributed by atoms with van der Waals surface area (Å²) in [6, 6.07) is 8.28. The van der Waals surface area contributed by atoms with Gasteiger partial charge in [-0.15, -0.1) is 6.58 Å². The first-order chi connectivity index (χ1) is 15.7. The van der Waals surface area contributed by atoms with Crippen molar-refractivity contribution in [3.05, 3.63) is 48.6 Å². The van der Waals surface area contributed by atoms with Gasteiger partial charge in [0.25, 0.3) is 0 Å². The fraction of sp³-hybridized carbons (Fsp3) is 0.524. The first kappa shape index (κ1) is 26.0. The average Bonchev–Trinajstić information content (AvgIpc) is 2.77. The lowest BCUT2D eigenvalue weighted by atomic mass is 9.95. The second kappa shape index (κ2) is 11.7. The fourth-order valence-corrected chi connectivity index (χ4v) is 3.63. The Bertz CT molecular complexity index is 821. The van der Waals surface area contributed by atoms with Crippen molar-refractivity contribution in [3.8, 4) is 0 Å². The maximum Gasteiger partial charge on any atom is 0.508 e. The molecule has 2 fully saturated rings. The molecule has 12 heteroatoms. The van der Waals surface area contributed by atoms with Gasteiger partial charge in [0, 0.05) is 12.5 Å². The molecule has 1 N–H and O–H groups in total. The van der Waals surface area contributed by atoms with Gasteiger partial charge in [-0.25, -0.2) is 4.79 Å². The zero-order valence-corrected chi connectivity index (χ0v) is 19.9. The van der Waals surface area contributed by atoms with Gasteiger partial charge >= 0.3 is 6.16 Å². The van der Waals surface area contributed by atoms with E-state index < -0.39 is 59.4 Å². The summed E-state index contributed by atoms with van der Waals surface area (Å²) in [4.78, 5) is 24.4. The van der Waals surface area contributed by atoms with E-state index >= 15 is 0 Å². The van der Waals surface area contributed by atoms with E-state index in [4.69, 9.17) is 63.2 Å². The number of carbonyl (C=O) groups is 2. The molecule has 2 aliphatic rings. The number of hydrogen-bond donors (Lipinski definition) is 1. The van der Waals surface area contributed by atoms with Crippen molar-refractivity contribution in [1.82, 2.24) is 5.32 Å². The molecule has 2 saturated heterocycles. The van der Waals surface area contributed by atoms with Gasteiger partial charge in [0.2, 0.25) is 9.70 Å². The molecule has 3 rings (SSSR count). The van der Waals surface area contributed by atoms with Crippen molar-refractivity contribution >= 4 is 46.9 Å². The van der Waals surface area contributed by atoms with E-state index in [2.05, 4.69) is 11.9 Å². The highest BCUT2D eigenvalue weighted by atomic mass is 35.6. The zero-order chi connectivity index (χ0) is 24.0. The summed E-state index contributed by atoms with van der Waals surface area (Å²) >= 11 is 16.9. The maximum atomic E-state index is 12.4. The van der Waals surface area contributed by atoms with Crippen molar-refractivity contribution < 1.29 is 38.0 Å². The van der Waals surface area contributed by atoms with Gasteiger partial charge < -0.3 is 33.7 Å². The highest BCUT2D eigenvalue weighted by Gasteiger charge is 2.53. The molecule has 6 atom stereocenters. The molecule has 0 spiro atoms. The number of benzene rings is 1. The van der Waals surface area contributed by atoms with Crippen LogP contribution in [0, 0.1) is 0 Å². The van der Waals surface area contributed by atoms with Crippen LogP contribution in [0.15, 0.2) is 43.0 Å². The Labute approximate surface area is 206 Å². The molecule has 1 aromatic carbocycles. The molecule has 0 aliphatic carbocycles. The van der Waals surface area contributed by atoms with Crippen molar-refractivity contribution in [1.29, 1.82) is 0 Å². The van der Waals surface area contributed by atoms with Gasteiger partial charge in [0.1, 0.15) is 24.9 Å². The third-order valence-electron chi connectivity index (χ3n) is 4.74. The predicted octanol–water partition coefficient (Wildman–Crippen LogP) is 3.42. The van der Waals surface area contributed by atoms with Crippen LogP contribution in [0.4, 0.5) is 4.79 Å². The average molecular weight is 525 g/mol. The van der Waals surface area contributed by atoms with Crippen molar-refractivity contribution in [2.75, 3.05) is 19.8 Å². The van der Waals surface area contributed by atoms with Crippen LogP contribution in [0.2, 0.25) is 0 Å². The maximum absolute atomic E-state index is 12.4. The highest BCUT2D eigenvalue weighted by Crippen LogP contribution is 2.36. The number of amides is 1. The smallest absolute Gasteiger partial charge is 0.430 e. The lowest BCUT2D eigenvalue weighted by Gasteiger charge is -2.48. The number of rotatable bonds is 7. The van der Waals surface area contributed by atoms with Crippen molar-refractivity contribution in [3.63, 3.8) is 0 Å². The van der Waals surface area contributed by atoms with Crippen LogP contribution in [-0.4, -0.2) is 66.3 Å². The van der Waals surface area contributed by atoms with Crippen LogP contribution in [0.5, 0.6) is 0 Å². The number of carbonyl (C=O) groups excluding carboxylic acids is 2. The number of fused-ring (bicyclic) bond motifs is 1. The van der Waals surface area contributed by atoms with Crippen molar-refractivity contribution in [2.45, 2.75) is 47.7 Å². The number of ether oxygens (including phenoxy) is 6. The molecular formula is C21H24Cl3NO8. The minimum atomic E-state index is -1.82. The molecule has 0 radical (unpaired) electrons. The third kappa shape index (κ3) is 7.45. The summed E-state index contributed by atoms with van der Waals surface area (Å²) in [5.74, 6) is -0.399. The molecule has 1 amide bonds.